The number of carbonyl (C=O) groups is 3. The van der Waals surface area contributed by atoms with Crippen molar-refractivity contribution in [1.82, 2.24) is 4.90 Å². The number of aliphatic carboxylic acids is 1. The minimum atomic E-state index is -1.00. The summed E-state index contributed by atoms with van der Waals surface area (Å²) in [4.78, 5) is 41.1. The van der Waals surface area contributed by atoms with E-state index in [0.717, 1.165) is 5.56 Å². The van der Waals surface area contributed by atoms with E-state index in [0.29, 0.717) is 62.9 Å². The summed E-state index contributed by atoms with van der Waals surface area (Å²) in [5.41, 5.74) is 2.60. The number of allylic oxidation sites excluding steroid dienone is 4. The molecule has 1 aliphatic heterocycles. The molecule has 36 heavy (non-hydrogen) atoms. The first-order chi connectivity index (χ1) is 16.7. The van der Waals surface area contributed by atoms with Crippen LogP contribution in [0.25, 0.3) is 0 Å². The number of Topliss-reactive ketones (excluding diaryl/α,β-unsaturated/α-hetero) is 2. The largest absolute Gasteiger partial charge is 0.480 e. The SMILES string of the molecule is C#CCOc1c(Br)cc(C2C3=C(CC(C)(C)CC3=O)N(CC(=O)O)C3=C2C(=O)CC(C)(C)C3)cc1Br. The highest BCUT2D eigenvalue weighted by atomic mass is 79.9. The average molecular weight is 619 g/mol. The van der Waals surface area contributed by atoms with Crippen molar-refractivity contribution in [2.24, 2.45) is 10.8 Å². The quantitative estimate of drug-likeness (QED) is 0.408. The third-order valence-corrected chi connectivity index (χ3v) is 8.15. The molecular weight excluding hydrogens is 590 g/mol. The van der Waals surface area contributed by atoms with Crippen LogP contribution in [0.4, 0.5) is 0 Å². The molecule has 4 rings (SSSR count). The minimum absolute atomic E-state index is 0.0503. The second kappa shape index (κ2) is 9.50. The van der Waals surface area contributed by atoms with E-state index in [9.17, 15) is 19.5 Å². The fourth-order valence-corrected chi connectivity index (χ4v) is 7.16. The molecule has 0 radical (unpaired) electrons. The van der Waals surface area contributed by atoms with Gasteiger partial charge in [0.25, 0.3) is 0 Å². The highest BCUT2D eigenvalue weighted by Gasteiger charge is 2.49. The Balaban J connectivity index is 1.99. The number of benzene rings is 1. The molecule has 2 aliphatic carbocycles. The topological polar surface area (TPSA) is 83.9 Å². The number of carboxylic acid groups (broad SMARTS) is 1. The molecule has 1 heterocycles. The Morgan fingerprint density at radius 2 is 1.50 bits per heavy atom. The van der Waals surface area contributed by atoms with Crippen molar-refractivity contribution in [3.05, 3.63) is 49.2 Å². The molecule has 0 amide bonds. The summed E-state index contributed by atoms with van der Waals surface area (Å²) in [7, 11) is 0. The lowest BCUT2D eigenvalue weighted by Gasteiger charge is -2.48. The van der Waals surface area contributed by atoms with Crippen LogP contribution >= 0.6 is 31.9 Å². The monoisotopic (exact) mass is 617 g/mol. The van der Waals surface area contributed by atoms with Crippen molar-refractivity contribution in [3.8, 4) is 18.1 Å². The fourth-order valence-electron chi connectivity index (χ4n) is 5.71. The second-order valence-corrected chi connectivity index (χ2v) is 13.0. The molecule has 8 heteroatoms. The van der Waals surface area contributed by atoms with E-state index in [1.54, 1.807) is 4.90 Å². The maximum Gasteiger partial charge on any atom is 0.323 e. The zero-order chi connectivity index (χ0) is 26.6. The van der Waals surface area contributed by atoms with Gasteiger partial charge in [-0.3, -0.25) is 14.4 Å². The summed E-state index contributed by atoms with van der Waals surface area (Å²) in [6.45, 7) is 7.89. The Hall–Kier alpha value is -2.37. The first-order valence-corrected chi connectivity index (χ1v) is 13.4. The van der Waals surface area contributed by atoms with E-state index in [-0.39, 0.29) is 35.5 Å². The lowest BCUT2D eigenvalue weighted by molar-refractivity contribution is -0.138. The number of carboxylic acids is 1. The van der Waals surface area contributed by atoms with Gasteiger partial charge in [0, 0.05) is 41.3 Å². The number of ketones is 2. The van der Waals surface area contributed by atoms with E-state index in [1.807, 2.05) is 39.8 Å². The van der Waals surface area contributed by atoms with E-state index < -0.39 is 11.9 Å². The molecule has 0 saturated carbocycles. The molecular formula is C28H29Br2NO5. The van der Waals surface area contributed by atoms with Crippen LogP contribution in [0.3, 0.4) is 0 Å². The number of carbonyl (C=O) groups excluding carboxylic acids is 2. The third kappa shape index (κ3) is 4.92. The molecule has 190 valence electrons. The molecule has 1 N–H and O–H groups in total. The van der Waals surface area contributed by atoms with Gasteiger partial charge >= 0.3 is 5.97 Å². The van der Waals surface area contributed by atoms with Gasteiger partial charge in [-0.25, -0.2) is 0 Å². The molecule has 0 aromatic heterocycles. The summed E-state index contributed by atoms with van der Waals surface area (Å²) in [6.07, 6.45) is 7.11. The molecule has 0 spiro atoms. The van der Waals surface area contributed by atoms with Crippen molar-refractivity contribution in [3.63, 3.8) is 0 Å². The first kappa shape index (κ1) is 26.7. The van der Waals surface area contributed by atoms with Crippen LogP contribution in [0.2, 0.25) is 0 Å². The van der Waals surface area contributed by atoms with Gasteiger partial charge in [0.15, 0.2) is 11.6 Å². The molecule has 0 unspecified atom stereocenters. The van der Waals surface area contributed by atoms with Crippen molar-refractivity contribution >= 4 is 49.4 Å². The number of ether oxygens (including phenoxy) is 1. The van der Waals surface area contributed by atoms with Gasteiger partial charge < -0.3 is 14.7 Å². The molecule has 0 saturated heterocycles. The number of hydrogen-bond donors (Lipinski definition) is 1. The van der Waals surface area contributed by atoms with Gasteiger partial charge in [0.05, 0.1) is 8.95 Å². The van der Waals surface area contributed by atoms with Crippen molar-refractivity contribution in [2.45, 2.75) is 59.3 Å². The number of rotatable bonds is 5. The molecule has 0 atom stereocenters. The molecule has 6 nitrogen and oxygen atoms in total. The number of nitrogens with zero attached hydrogens (tertiary/aromatic N) is 1. The van der Waals surface area contributed by atoms with Gasteiger partial charge in [-0.1, -0.05) is 33.6 Å². The van der Waals surface area contributed by atoms with E-state index in [4.69, 9.17) is 11.2 Å². The first-order valence-electron chi connectivity index (χ1n) is 11.8. The van der Waals surface area contributed by atoms with Gasteiger partial charge in [-0.2, -0.15) is 0 Å². The molecule has 1 aromatic rings. The Morgan fingerprint density at radius 1 is 1.03 bits per heavy atom. The molecule has 0 bridgehead atoms. The summed E-state index contributed by atoms with van der Waals surface area (Å²) >= 11 is 7.14. The van der Waals surface area contributed by atoms with Crippen molar-refractivity contribution in [1.29, 1.82) is 0 Å². The van der Waals surface area contributed by atoms with Gasteiger partial charge in [-0.15, -0.1) is 6.42 Å². The lowest BCUT2D eigenvalue weighted by atomic mass is 9.63. The summed E-state index contributed by atoms with van der Waals surface area (Å²) in [5, 5.41) is 9.80. The van der Waals surface area contributed by atoms with Gasteiger partial charge in [0.1, 0.15) is 18.9 Å². The van der Waals surface area contributed by atoms with Crippen molar-refractivity contribution < 1.29 is 24.2 Å². The maximum absolute atomic E-state index is 13.7. The standard InChI is InChI=1S/C28H29Br2NO5/c1-6-7-36-26-16(29)8-15(9-17(26)30)23-24-18(10-27(2,3)12-20(24)32)31(14-22(34)35)19-11-28(4,5)13-21(33)25(19)23/h1,8-9,23H,7,10-14H2,2-5H3,(H,34,35). The second-order valence-electron chi connectivity index (χ2n) is 11.3. The Labute approximate surface area is 228 Å². The summed E-state index contributed by atoms with van der Waals surface area (Å²) < 4.78 is 6.96. The maximum atomic E-state index is 13.7. The zero-order valence-corrected chi connectivity index (χ0v) is 24.0. The van der Waals surface area contributed by atoms with Gasteiger partial charge in [-0.05, 0) is 73.2 Å². The Kier molecular flexibility index (Phi) is 7.04. The average Bonchev–Trinajstić information content (AvgIpc) is 2.72. The predicted molar refractivity (Wildman–Crippen MR) is 143 cm³/mol. The fraction of sp³-hybridized carbons (Fsp3) is 0.464. The van der Waals surface area contributed by atoms with E-state index >= 15 is 0 Å². The third-order valence-electron chi connectivity index (χ3n) is 6.97. The Morgan fingerprint density at radius 3 is 1.92 bits per heavy atom. The highest BCUT2D eigenvalue weighted by Crippen LogP contribution is 2.55. The van der Waals surface area contributed by atoms with Crippen LogP contribution in [-0.2, 0) is 14.4 Å². The molecule has 0 fully saturated rings. The van der Waals surface area contributed by atoms with Crippen LogP contribution in [0.5, 0.6) is 5.75 Å². The Bertz CT molecular complexity index is 1200. The van der Waals surface area contributed by atoms with E-state index in [1.165, 1.54) is 0 Å². The van der Waals surface area contributed by atoms with Crippen LogP contribution in [0.15, 0.2) is 43.6 Å². The molecule has 3 aliphatic rings. The lowest BCUT2D eigenvalue weighted by Crippen LogP contribution is -2.45. The predicted octanol–water partition coefficient (Wildman–Crippen LogP) is 5.99. The zero-order valence-electron chi connectivity index (χ0n) is 20.8. The van der Waals surface area contributed by atoms with Crippen molar-refractivity contribution in [2.75, 3.05) is 13.2 Å². The number of halogens is 2. The van der Waals surface area contributed by atoms with Gasteiger partial charge in [0.2, 0.25) is 0 Å². The van der Waals surface area contributed by atoms with Crippen LogP contribution < -0.4 is 4.74 Å². The number of terminal acetylenes is 1. The summed E-state index contributed by atoms with van der Waals surface area (Å²) in [6, 6.07) is 3.73. The summed E-state index contributed by atoms with van der Waals surface area (Å²) in [5.74, 6) is 1.30. The van der Waals surface area contributed by atoms with Crippen LogP contribution in [-0.4, -0.2) is 40.7 Å². The number of hydrogen-bond acceptors (Lipinski definition) is 5. The van der Waals surface area contributed by atoms with Crippen LogP contribution in [0.1, 0.15) is 64.9 Å². The van der Waals surface area contributed by atoms with E-state index in [2.05, 4.69) is 37.8 Å². The minimum Gasteiger partial charge on any atom is -0.480 e. The normalized spacial score (nSPS) is 21.2. The van der Waals surface area contributed by atoms with Crippen LogP contribution in [0, 0.1) is 23.2 Å². The molecule has 1 aromatic carbocycles. The smallest absolute Gasteiger partial charge is 0.323 e. The highest BCUT2D eigenvalue weighted by molar-refractivity contribution is 9.11.